The molecule has 0 saturated heterocycles. The quantitative estimate of drug-likeness (QED) is 0.555. The summed E-state index contributed by atoms with van der Waals surface area (Å²) in [5.74, 6) is -0.561. The van der Waals surface area contributed by atoms with Crippen LogP contribution in [0.5, 0.6) is 5.75 Å². The molecular formula is C20H27ClFN3O4. The second kappa shape index (κ2) is 7.99. The molecule has 0 aromatic heterocycles. The molecule has 3 N–H and O–H groups in total. The van der Waals surface area contributed by atoms with Crippen LogP contribution in [0, 0.1) is 5.82 Å². The van der Waals surface area contributed by atoms with Gasteiger partial charge in [0.05, 0.1) is 5.02 Å². The van der Waals surface area contributed by atoms with E-state index in [9.17, 15) is 14.0 Å². The molecule has 3 saturated carbocycles. The van der Waals surface area contributed by atoms with Crippen LogP contribution < -0.4 is 20.7 Å². The Balaban J connectivity index is 1.30. The lowest BCUT2D eigenvalue weighted by Crippen LogP contribution is -2.83. The number of amides is 2. The summed E-state index contributed by atoms with van der Waals surface area (Å²) in [5, 5.41) is 9.16. The smallest absolute Gasteiger partial charge is 0.407 e. The summed E-state index contributed by atoms with van der Waals surface area (Å²) in [7, 11) is 0. The van der Waals surface area contributed by atoms with Crippen molar-refractivity contribution in [3.63, 3.8) is 0 Å². The molecule has 2 bridgehead atoms. The minimum Gasteiger partial charge on any atom is -0.484 e. The van der Waals surface area contributed by atoms with E-state index < -0.39 is 17.5 Å². The molecule has 4 rings (SSSR count). The van der Waals surface area contributed by atoms with Crippen molar-refractivity contribution in [2.75, 3.05) is 19.7 Å². The molecule has 3 fully saturated rings. The van der Waals surface area contributed by atoms with E-state index in [1.54, 1.807) is 0 Å². The largest absolute Gasteiger partial charge is 0.484 e. The molecule has 9 heteroatoms. The summed E-state index contributed by atoms with van der Waals surface area (Å²) < 4.78 is 23.9. The van der Waals surface area contributed by atoms with Gasteiger partial charge in [0.1, 0.15) is 17.2 Å². The first-order chi connectivity index (χ1) is 13.5. The standard InChI is InChI=1S/C20H27ClFN3O4/c1-18(2,3)29-17(27)23-6-7-24-19-10-20(11-19,12-19)25-16(26)9-28-13-4-5-14(21)15(22)8-13/h4-5,8,24H,6-7,9-12H2,1-3H3,(H,23,27)(H,25,26). The van der Waals surface area contributed by atoms with Gasteiger partial charge in [0, 0.05) is 30.2 Å². The number of hydrogen-bond acceptors (Lipinski definition) is 5. The molecule has 160 valence electrons. The fourth-order valence-electron chi connectivity index (χ4n) is 3.96. The number of hydrogen-bond donors (Lipinski definition) is 3. The lowest BCUT2D eigenvalue weighted by atomic mass is 9.44. The Bertz CT molecular complexity index is 777. The lowest BCUT2D eigenvalue weighted by Gasteiger charge is -2.70. The van der Waals surface area contributed by atoms with Gasteiger partial charge in [-0.3, -0.25) is 4.79 Å². The molecule has 3 aliphatic rings. The van der Waals surface area contributed by atoms with Crippen molar-refractivity contribution in [3.8, 4) is 5.75 Å². The number of carbonyl (C=O) groups is 2. The predicted molar refractivity (Wildman–Crippen MR) is 107 cm³/mol. The van der Waals surface area contributed by atoms with E-state index >= 15 is 0 Å². The van der Waals surface area contributed by atoms with Gasteiger partial charge in [-0.25, -0.2) is 9.18 Å². The first kappa shape index (κ1) is 21.6. The van der Waals surface area contributed by atoms with Crippen molar-refractivity contribution in [2.45, 2.75) is 56.7 Å². The molecule has 0 radical (unpaired) electrons. The van der Waals surface area contributed by atoms with Gasteiger partial charge in [0.15, 0.2) is 6.61 Å². The molecule has 0 unspecified atom stereocenters. The van der Waals surface area contributed by atoms with Crippen LogP contribution in [0.25, 0.3) is 0 Å². The first-order valence-corrected chi connectivity index (χ1v) is 9.99. The molecule has 29 heavy (non-hydrogen) atoms. The third-order valence-electron chi connectivity index (χ3n) is 4.99. The molecule has 7 nitrogen and oxygen atoms in total. The molecule has 2 amide bonds. The SMILES string of the molecule is CC(C)(C)OC(=O)NCCNC12CC(NC(=O)COc3ccc(Cl)c(F)c3)(C1)C2. The number of alkyl carbamates (subject to hydrolysis) is 1. The van der Waals surface area contributed by atoms with Gasteiger partial charge in [0.2, 0.25) is 0 Å². The summed E-state index contributed by atoms with van der Waals surface area (Å²) >= 11 is 5.62. The molecular weight excluding hydrogens is 401 g/mol. The Morgan fingerprint density at radius 2 is 1.86 bits per heavy atom. The summed E-state index contributed by atoms with van der Waals surface area (Å²) in [6.07, 6.45) is 2.09. The van der Waals surface area contributed by atoms with E-state index in [-0.39, 0.29) is 34.4 Å². The first-order valence-electron chi connectivity index (χ1n) is 9.61. The van der Waals surface area contributed by atoms with Gasteiger partial charge in [0.25, 0.3) is 5.91 Å². The van der Waals surface area contributed by atoms with Gasteiger partial charge < -0.3 is 25.4 Å². The third-order valence-corrected chi connectivity index (χ3v) is 5.30. The van der Waals surface area contributed by atoms with E-state index in [2.05, 4.69) is 16.0 Å². The zero-order valence-electron chi connectivity index (χ0n) is 16.9. The predicted octanol–water partition coefficient (Wildman–Crippen LogP) is 2.76. The summed E-state index contributed by atoms with van der Waals surface area (Å²) in [5.41, 5.74) is -0.665. The van der Waals surface area contributed by atoms with Gasteiger partial charge in [-0.1, -0.05) is 11.6 Å². The molecule has 1 aromatic rings. The van der Waals surface area contributed by atoms with E-state index in [4.69, 9.17) is 21.1 Å². The molecule has 0 aliphatic heterocycles. The molecule has 1 aromatic carbocycles. The van der Waals surface area contributed by atoms with Crippen LogP contribution in [0.2, 0.25) is 5.02 Å². The second-order valence-corrected chi connectivity index (χ2v) is 9.27. The van der Waals surface area contributed by atoms with Crippen molar-refractivity contribution < 1.29 is 23.5 Å². The number of nitrogens with one attached hydrogen (secondary N) is 3. The second-order valence-electron chi connectivity index (χ2n) is 8.86. The molecule has 0 heterocycles. The van der Waals surface area contributed by atoms with Crippen molar-refractivity contribution in [1.82, 2.24) is 16.0 Å². The van der Waals surface area contributed by atoms with E-state index in [1.165, 1.54) is 12.1 Å². The van der Waals surface area contributed by atoms with Gasteiger partial charge in [-0.05, 0) is 52.2 Å². The number of ether oxygens (including phenoxy) is 2. The summed E-state index contributed by atoms with van der Waals surface area (Å²) in [4.78, 5) is 23.7. The average Bonchev–Trinajstić information content (AvgIpc) is 2.54. The van der Waals surface area contributed by atoms with Gasteiger partial charge in [-0.2, -0.15) is 0 Å². The zero-order chi connectivity index (χ0) is 21.3. The minimum atomic E-state index is -0.585. The Labute approximate surface area is 174 Å². The Morgan fingerprint density at radius 1 is 1.17 bits per heavy atom. The maximum absolute atomic E-state index is 13.4. The monoisotopic (exact) mass is 427 g/mol. The van der Waals surface area contributed by atoms with Crippen LogP contribution in [0.15, 0.2) is 18.2 Å². The van der Waals surface area contributed by atoms with E-state index in [0.717, 1.165) is 25.3 Å². The lowest BCUT2D eigenvalue weighted by molar-refractivity contribution is -0.143. The highest BCUT2D eigenvalue weighted by atomic mass is 35.5. The van der Waals surface area contributed by atoms with Crippen molar-refractivity contribution in [3.05, 3.63) is 29.0 Å². The third kappa shape index (κ3) is 5.51. The van der Waals surface area contributed by atoms with Gasteiger partial charge >= 0.3 is 6.09 Å². The maximum atomic E-state index is 13.4. The molecule has 0 spiro atoms. The van der Waals surface area contributed by atoms with Gasteiger partial charge in [-0.15, -0.1) is 0 Å². The van der Waals surface area contributed by atoms with Crippen LogP contribution in [0.1, 0.15) is 40.0 Å². The number of halogens is 2. The number of rotatable bonds is 8. The maximum Gasteiger partial charge on any atom is 0.407 e. The Morgan fingerprint density at radius 3 is 2.48 bits per heavy atom. The molecule has 3 aliphatic carbocycles. The zero-order valence-corrected chi connectivity index (χ0v) is 17.6. The Kier molecular flexibility index (Phi) is 5.96. The minimum absolute atomic E-state index is 0.00904. The van der Waals surface area contributed by atoms with Crippen molar-refractivity contribution in [1.29, 1.82) is 0 Å². The van der Waals surface area contributed by atoms with Crippen LogP contribution >= 0.6 is 11.6 Å². The van der Waals surface area contributed by atoms with Crippen molar-refractivity contribution >= 4 is 23.6 Å². The topological polar surface area (TPSA) is 88.7 Å². The summed E-state index contributed by atoms with van der Waals surface area (Å²) in [6.45, 7) is 6.39. The highest BCUT2D eigenvalue weighted by Crippen LogP contribution is 2.60. The number of carbonyl (C=O) groups excluding carboxylic acids is 2. The van der Waals surface area contributed by atoms with Crippen LogP contribution in [0.3, 0.4) is 0 Å². The fraction of sp³-hybridized carbons (Fsp3) is 0.600. The van der Waals surface area contributed by atoms with E-state index in [1.807, 2.05) is 20.8 Å². The molecule has 0 atom stereocenters. The average molecular weight is 428 g/mol. The number of benzene rings is 1. The van der Waals surface area contributed by atoms with Crippen LogP contribution in [-0.2, 0) is 9.53 Å². The fourth-order valence-corrected chi connectivity index (χ4v) is 4.08. The summed E-state index contributed by atoms with van der Waals surface area (Å²) in [6, 6.07) is 4.06. The van der Waals surface area contributed by atoms with E-state index in [0.29, 0.717) is 13.1 Å². The highest BCUT2D eigenvalue weighted by Gasteiger charge is 2.68. The normalized spacial score (nSPS) is 24.7. The highest BCUT2D eigenvalue weighted by molar-refractivity contribution is 6.30. The van der Waals surface area contributed by atoms with Crippen molar-refractivity contribution in [2.24, 2.45) is 0 Å². The van der Waals surface area contributed by atoms with Crippen LogP contribution in [-0.4, -0.2) is 48.4 Å². The Hall–Kier alpha value is -2.06. The van der Waals surface area contributed by atoms with Crippen LogP contribution in [0.4, 0.5) is 9.18 Å².